The van der Waals surface area contributed by atoms with Crippen molar-refractivity contribution in [3.8, 4) is 23.7 Å². The predicted octanol–water partition coefficient (Wildman–Crippen LogP) is 2.08. The van der Waals surface area contributed by atoms with E-state index in [1.165, 1.54) is 11.8 Å². The molecule has 0 aliphatic carbocycles. The molecule has 1 amide bonds. The number of hydrogen-bond acceptors (Lipinski definition) is 4. The normalized spacial score (nSPS) is 10.0. The van der Waals surface area contributed by atoms with Gasteiger partial charge in [0.25, 0.3) is 0 Å². The molecule has 2 rings (SSSR count). The maximum Gasteiger partial charge on any atom is 0.231 e. The zero-order valence-electron chi connectivity index (χ0n) is 10.4. The van der Waals surface area contributed by atoms with Gasteiger partial charge in [-0.1, -0.05) is 51.8 Å². The lowest BCUT2D eigenvalue weighted by Gasteiger charge is -1.99. The van der Waals surface area contributed by atoms with Crippen LogP contribution in [0.2, 0.25) is 0 Å². The first-order valence-corrected chi connectivity index (χ1v) is 7.49. The third kappa shape index (κ3) is 3.85. The van der Waals surface area contributed by atoms with E-state index in [1.54, 1.807) is 0 Å². The molecule has 0 spiro atoms. The van der Waals surface area contributed by atoms with Crippen LogP contribution in [0.3, 0.4) is 0 Å². The largest absolute Gasteiger partial charge is 0.344 e. The number of terminal acetylenes is 1. The van der Waals surface area contributed by atoms with Gasteiger partial charge in [-0.15, -0.1) is 11.5 Å². The number of benzene rings is 1. The summed E-state index contributed by atoms with van der Waals surface area (Å²) in [7, 11) is 0. The van der Waals surface area contributed by atoms with Crippen LogP contribution in [0.4, 0.5) is 0 Å². The third-order valence-electron chi connectivity index (χ3n) is 2.31. The minimum Gasteiger partial charge on any atom is -0.344 e. The van der Waals surface area contributed by atoms with Gasteiger partial charge in [0, 0.05) is 10.0 Å². The van der Waals surface area contributed by atoms with Crippen molar-refractivity contribution in [1.82, 2.24) is 20.5 Å². The van der Waals surface area contributed by atoms with Crippen LogP contribution in [0.5, 0.6) is 0 Å². The molecular weight excluding hydrogens is 340 g/mol. The highest BCUT2D eigenvalue weighted by Crippen LogP contribution is 2.26. The van der Waals surface area contributed by atoms with E-state index in [-0.39, 0.29) is 18.2 Å². The Morgan fingerprint density at radius 3 is 3.05 bits per heavy atom. The second-order valence-corrected chi connectivity index (χ2v) is 5.51. The number of nitrogens with one attached hydrogen (secondary N) is 2. The van der Waals surface area contributed by atoms with Gasteiger partial charge < -0.3 is 5.32 Å². The number of halogens is 1. The molecule has 1 aromatic carbocycles. The van der Waals surface area contributed by atoms with Crippen LogP contribution < -0.4 is 5.32 Å². The van der Waals surface area contributed by atoms with Crippen molar-refractivity contribution in [3.05, 3.63) is 28.7 Å². The number of aromatic amines is 1. The van der Waals surface area contributed by atoms with Crippen LogP contribution in [-0.4, -0.2) is 33.4 Å². The van der Waals surface area contributed by atoms with E-state index >= 15 is 0 Å². The molecule has 0 aliphatic heterocycles. The summed E-state index contributed by atoms with van der Waals surface area (Å²) >= 11 is 4.71. The summed E-state index contributed by atoms with van der Waals surface area (Å²) in [5.74, 6) is 3.09. The number of H-pyrrole nitrogens is 1. The van der Waals surface area contributed by atoms with E-state index in [4.69, 9.17) is 6.42 Å². The number of aromatic nitrogens is 3. The SMILES string of the molecule is C#CCNC(=O)CSc1n[nH]c(-c2ccccc2Br)n1. The number of rotatable bonds is 5. The van der Waals surface area contributed by atoms with E-state index in [0.29, 0.717) is 11.0 Å². The fourth-order valence-electron chi connectivity index (χ4n) is 1.42. The Kier molecular flexibility index (Phi) is 5.21. The van der Waals surface area contributed by atoms with Gasteiger partial charge in [-0.25, -0.2) is 4.98 Å². The van der Waals surface area contributed by atoms with Crippen LogP contribution in [0, 0.1) is 12.3 Å². The quantitative estimate of drug-likeness (QED) is 0.639. The lowest BCUT2D eigenvalue weighted by molar-refractivity contribution is -0.118. The fraction of sp³-hybridized carbons (Fsp3) is 0.154. The zero-order chi connectivity index (χ0) is 14.4. The summed E-state index contributed by atoms with van der Waals surface area (Å²) in [6, 6.07) is 7.70. The molecule has 0 atom stereocenters. The molecular formula is C13H11BrN4OS. The van der Waals surface area contributed by atoms with E-state index < -0.39 is 0 Å². The van der Waals surface area contributed by atoms with Gasteiger partial charge >= 0.3 is 0 Å². The molecule has 1 heterocycles. The number of amides is 1. The minimum absolute atomic E-state index is 0.139. The molecule has 0 unspecified atom stereocenters. The van der Waals surface area contributed by atoms with Crippen molar-refractivity contribution in [3.63, 3.8) is 0 Å². The molecule has 2 aromatic rings. The van der Waals surface area contributed by atoms with Gasteiger partial charge in [0.1, 0.15) is 0 Å². The van der Waals surface area contributed by atoms with Gasteiger partial charge in [0.05, 0.1) is 12.3 Å². The first-order valence-electron chi connectivity index (χ1n) is 5.71. The topological polar surface area (TPSA) is 70.7 Å². The average Bonchev–Trinajstić information content (AvgIpc) is 2.92. The molecule has 2 N–H and O–H groups in total. The highest BCUT2D eigenvalue weighted by molar-refractivity contribution is 9.10. The van der Waals surface area contributed by atoms with Gasteiger partial charge in [-0.2, -0.15) is 0 Å². The van der Waals surface area contributed by atoms with Gasteiger partial charge in [0.15, 0.2) is 5.82 Å². The molecule has 1 aromatic heterocycles. The van der Waals surface area contributed by atoms with Gasteiger partial charge in [0.2, 0.25) is 11.1 Å². The van der Waals surface area contributed by atoms with Crippen molar-refractivity contribution < 1.29 is 4.79 Å². The van der Waals surface area contributed by atoms with E-state index in [9.17, 15) is 4.79 Å². The number of carbonyl (C=O) groups excluding carboxylic acids is 1. The summed E-state index contributed by atoms with van der Waals surface area (Å²) < 4.78 is 0.930. The van der Waals surface area contributed by atoms with Gasteiger partial charge in [-0.3, -0.25) is 9.89 Å². The van der Waals surface area contributed by atoms with Crippen LogP contribution in [0.25, 0.3) is 11.4 Å². The maximum atomic E-state index is 11.4. The molecule has 7 heteroatoms. The second-order valence-electron chi connectivity index (χ2n) is 3.72. The van der Waals surface area contributed by atoms with Crippen molar-refractivity contribution in [2.45, 2.75) is 5.16 Å². The average molecular weight is 351 g/mol. The molecule has 0 fully saturated rings. The Bertz CT molecular complexity index is 650. The van der Waals surface area contributed by atoms with Crippen LogP contribution in [-0.2, 0) is 4.79 Å². The summed E-state index contributed by atoms with van der Waals surface area (Å²) in [6.07, 6.45) is 5.06. The van der Waals surface area contributed by atoms with Crippen molar-refractivity contribution in [2.24, 2.45) is 0 Å². The van der Waals surface area contributed by atoms with E-state index in [0.717, 1.165) is 10.0 Å². The Morgan fingerprint density at radius 1 is 1.50 bits per heavy atom. The number of hydrogen-bond donors (Lipinski definition) is 2. The van der Waals surface area contributed by atoms with Crippen molar-refractivity contribution in [1.29, 1.82) is 0 Å². The summed E-state index contributed by atoms with van der Waals surface area (Å²) in [6.45, 7) is 0.232. The number of thioether (sulfide) groups is 1. The highest BCUT2D eigenvalue weighted by Gasteiger charge is 2.10. The zero-order valence-corrected chi connectivity index (χ0v) is 12.8. The van der Waals surface area contributed by atoms with Crippen LogP contribution in [0.15, 0.2) is 33.9 Å². The van der Waals surface area contributed by atoms with E-state index in [2.05, 4.69) is 42.3 Å². The minimum atomic E-state index is -0.139. The molecule has 0 saturated carbocycles. The van der Waals surface area contributed by atoms with Crippen LogP contribution in [0.1, 0.15) is 0 Å². The van der Waals surface area contributed by atoms with Crippen LogP contribution >= 0.6 is 27.7 Å². The monoisotopic (exact) mass is 350 g/mol. The number of carbonyl (C=O) groups is 1. The summed E-state index contributed by atoms with van der Waals surface area (Å²) in [5.41, 5.74) is 0.920. The lowest BCUT2D eigenvalue weighted by Crippen LogP contribution is -2.25. The molecule has 5 nitrogen and oxygen atoms in total. The molecule has 102 valence electrons. The summed E-state index contributed by atoms with van der Waals surface area (Å²) in [5, 5.41) is 10.0. The summed E-state index contributed by atoms with van der Waals surface area (Å²) in [4.78, 5) is 15.7. The van der Waals surface area contributed by atoms with Crippen molar-refractivity contribution >= 4 is 33.6 Å². The molecule has 0 aliphatic rings. The fourth-order valence-corrected chi connectivity index (χ4v) is 2.52. The predicted molar refractivity (Wildman–Crippen MR) is 82.1 cm³/mol. The lowest BCUT2D eigenvalue weighted by atomic mass is 10.2. The highest BCUT2D eigenvalue weighted by atomic mass is 79.9. The molecule has 0 saturated heterocycles. The Balaban J connectivity index is 1.98. The first kappa shape index (κ1) is 14.6. The second kappa shape index (κ2) is 7.12. The standard InChI is InChI=1S/C13H11BrN4OS/c1-2-7-15-11(19)8-20-13-16-12(17-18-13)9-5-3-4-6-10(9)14/h1,3-6H,7-8H2,(H,15,19)(H,16,17,18). The Hall–Kier alpha value is -1.78. The van der Waals surface area contributed by atoms with Gasteiger partial charge in [-0.05, 0) is 6.07 Å². The maximum absolute atomic E-state index is 11.4. The van der Waals surface area contributed by atoms with Crippen molar-refractivity contribution in [2.75, 3.05) is 12.3 Å². The van der Waals surface area contributed by atoms with E-state index in [1.807, 2.05) is 24.3 Å². The smallest absolute Gasteiger partial charge is 0.231 e. The molecule has 0 bridgehead atoms. The molecule has 20 heavy (non-hydrogen) atoms. The Labute approximate surface area is 129 Å². The first-order chi connectivity index (χ1) is 9.70. The third-order valence-corrected chi connectivity index (χ3v) is 3.85. The Morgan fingerprint density at radius 2 is 2.30 bits per heavy atom. The number of nitrogens with zero attached hydrogens (tertiary/aromatic N) is 2. The molecule has 0 radical (unpaired) electrons.